The molecule has 1 atom stereocenters. The topological polar surface area (TPSA) is 12.0 Å². The predicted molar refractivity (Wildman–Crippen MR) is 61.1 cm³/mol. The van der Waals surface area contributed by atoms with Crippen molar-refractivity contribution in [2.24, 2.45) is 0 Å². The van der Waals surface area contributed by atoms with E-state index in [9.17, 15) is 0 Å². The third kappa shape index (κ3) is 2.22. The van der Waals surface area contributed by atoms with Crippen molar-refractivity contribution in [1.29, 1.82) is 0 Å². The molecule has 76 valence electrons. The van der Waals surface area contributed by atoms with Crippen molar-refractivity contribution in [2.75, 3.05) is 6.54 Å². The summed E-state index contributed by atoms with van der Waals surface area (Å²) in [6.07, 6.45) is 3.71. The lowest BCUT2D eigenvalue weighted by atomic mass is 9.98. The average Bonchev–Trinajstić information content (AvgIpc) is 2.19. The van der Waals surface area contributed by atoms with Crippen LogP contribution in [0.4, 0.5) is 0 Å². The summed E-state index contributed by atoms with van der Waals surface area (Å²) >= 11 is 12.0. The Morgan fingerprint density at radius 1 is 1.21 bits per heavy atom. The molecule has 1 aliphatic rings. The quantitative estimate of drug-likeness (QED) is 0.773. The molecule has 1 heterocycles. The van der Waals surface area contributed by atoms with E-state index in [0.717, 1.165) is 11.6 Å². The molecule has 1 aliphatic heterocycles. The Bertz CT molecular complexity index is 319. The second kappa shape index (κ2) is 4.52. The van der Waals surface area contributed by atoms with Crippen molar-refractivity contribution in [3.63, 3.8) is 0 Å². The second-order valence-corrected chi connectivity index (χ2v) is 4.51. The van der Waals surface area contributed by atoms with Crippen molar-refractivity contribution < 1.29 is 0 Å². The molecular formula is C11H13Cl2N. The Labute approximate surface area is 94.4 Å². The fraction of sp³-hybridized carbons (Fsp3) is 0.455. The van der Waals surface area contributed by atoms with Gasteiger partial charge in [0.15, 0.2) is 0 Å². The summed E-state index contributed by atoms with van der Waals surface area (Å²) < 4.78 is 0. The molecule has 0 amide bonds. The van der Waals surface area contributed by atoms with Gasteiger partial charge in [0.2, 0.25) is 0 Å². The minimum absolute atomic E-state index is 0.411. The van der Waals surface area contributed by atoms with Gasteiger partial charge in [-0.05, 0) is 37.1 Å². The molecule has 0 aromatic heterocycles. The smallest absolute Gasteiger partial charge is 0.0468 e. The third-order valence-electron chi connectivity index (χ3n) is 2.65. The molecular weight excluding hydrogens is 217 g/mol. The molecule has 0 bridgehead atoms. The maximum atomic E-state index is 6.14. The van der Waals surface area contributed by atoms with Crippen molar-refractivity contribution in [2.45, 2.75) is 25.3 Å². The molecule has 14 heavy (non-hydrogen) atoms. The fourth-order valence-electron chi connectivity index (χ4n) is 1.90. The van der Waals surface area contributed by atoms with Gasteiger partial charge in [-0.15, -0.1) is 0 Å². The molecule has 0 unspecified atom stereocenters. The number of halogens is 2. The first-order chi connectivity index (χ1) is 6.77. The lowest BCUT2D eigenvalue weighted by molar-refractivity contribution is 0.412. The summed E-state index contributed by atoms with van der Waals surface area (Å²) in [6, 6.07) is 6.15. The van der Waals surface area contributed by atoms with Gasteiger partial charge in [-0.25, -0.2) is 0 Å². The molecule has 3 heteroatoms. The van der Waals surface area contributed by atoms with Crippen LogP contribution in [0.2, 0.25) is 10.0 Å². The summed E-state index contributed by atoms with van der Waals surface area (Å²) in [6.45, 7) is 1.09. The van der Waals surface area contributed by atoms with Crippen LogP contribution in [0, 0.1) is 0 Å². The molecule has 1 nitrogen and oxygen atoms in total. The maximum absolute atomic E-state index is 6.14. The number of benzene rings is 1. The van der Waals surface area contributed by atoms with Crippen LogP contribution in [-0.2, 0) is 0 Å². The highest BCUT2D eigenvalue weighted by atomic mass is 35.5. The molecule has 1 saturated heterocycles. The zero-order chi connectivity index (χ0) is 9.97. The van der Waals surface area contributed by atoms with Gasteiger partial charge in [-0.2, -0.15) is 0 Å². The number of rotatable bonds is 1. The van der Waals surface area contributed by atoms with E-state index in [4.69, 9.17) is 23.2 Å². The van der Waals surface area contributed by atoms with Crippen LogP contribution in [0.1, 0.15) is 30.9 Å². The second-order valence-electron chi connectivity index (χ2n) is 3.67. The van der Waals surface area contributed by atoms with Crippen molar-refractivity contribution in [1.82, 2.24) is 5.32 Å². The summed E-state index contributed by atoms with van der Waals surface area (Å²) in [5.74, 6) is 0. The molecule has 1 fully saturated rings. The van der Waals surface area contributed by atoms with Crippen molar-refractivity contribution in [3.8, 4) is 0 Å². The van der Waals surface area contributed by atoms with Crippen molar-refractivity contribution >= 4 is 23.2 Å². The van der Waals surface area contributed by atoms with Gasteiger partial charge < -0.3 is 5.32 Å². The van der Waals surface area contributed by atoms with E-state index in [2.05, 4.69) is 5.32 Å². The van der Waals surface area contributed by atoms with Crippen LogP contribution in [0.3, 0.4) is 0 Å². The first kappa shape index (κ1) is 10.3. The Hall–Kier alpha value is -0.240. The summed E-state index contributed by atoms with van der Waals surface area (Å²) in [5.41, 5.74) is 1.18. The van der Waals surface area contributed by atoms with E-state index < -0.39 is 0 Å². The number of nitrogens with one attached hydrogen (secondary N) is 1. The molecule has 0 radical (unpaired) electrons. The molecule has 1 N–H and O–H groups in total. The van der Waals surface area contributed by atoms with Gasteiger partial charge in [-0.1, -0.05) is 35.7 Å². The molecule has 2 rings (SSSR count). The van der Waals surface area contributed by atoms with Gasteiger partial charge in [0, 0.05) is 16.1 Å². The van der Waals surface area contributed by atoms with Gasteiger partial charge >= 0.3 is 0 Å². The highest BCUT2D eigenvalue weighted by Crippen LogP contribution is 2.30. The van der Waals surface area contributed by atoms with Crippen LogP contribution in [0.5, 0.6) is 0 Å². The predicted octanol–water partition coefficient (Wildman–Crippen LogP) is 3.81. The lowest BCUT2D eigenvalue weighted by Gasteiger charge is -2.24. The Kier molecular flexibility index (Phi) is 3.32. The summed E-state index contributed by atoms with van der Waals surface area (Å²) in [7, 11) is 0. The molecule has 0 saturated carbocycles. The SMILES string of the molecule is Clc1ccc([C@H]2CCCCN2)c(Cl)c1. The van der Waals surface area contributed by atoms with E-state index >= 15 is 0 Å². The lowest BCUT2D eigenvalue weighted by Crippen LogP contribution is -2.26. The van der Waals surface area contributed by atoms with Gasteiger partial charge in [0.25, 0.3) is 0 Å². The van der Waals surface area contributed by atoms with E-state index in [0.29, 0.717) is 11.1 Å². The molecule has 0 spiro atoms. The first-order valence-electron chi connectivity index (χ1n) is 4.96. The summed E-state index contributed by atoms with van der Waals surface area (Å²) in [4.78, 5) is 0. The fourth-order valence-corrected chi connectivity index (χ4v) is 2.44. The maximum Gasteiger partial charge on any atom is 0.0468 e. The third-order valence-corrected chi connectivity index (χ3v) is 3.21. The normalized spacial score (nSPS) is 22.3. The minimum Gasteiger partial charge on any atom is -0.310 e. The average molecular weight is 230 g/mol. The Morgan fingerprint density at radius 2 is 2.07 bits per heavy atom. The number of piperidine rings is 1. The molecule has 0 aliphatic carbocycles. The van der Waals surface area contributed by atoms with Crippen LogP contribution in [0.25, 0.3) is 0 Å². The van der Waals surface area contributed by atoms with Gasteiger partial charge in [0.1, 0.15) is 0 Å². The van der Waals surface area contributed by atoms with E-state index in [1.165, 1.54) is 24.8 Å². The summed E-state index contributed by atoms with van der Waals surface area (Å²) in [5, 5.41) is 4.95. The van der Waals surface area contributed by atoms with E-state index in [1.807, 2.05) is 18.2 Å². The van der Waals surface area contributed by atoms with E-state index in [-0.39, 0.29) is 0 Å². The number of hydrogen-bond donors (Lipinski definition) is 1. The van der Waals surface area contributed by atoms with E-state index in [1.54, 1.807) is 0 Å². The zero-order valence-electron chi connectivity index (χ0n) is 7.89. The Balaban J connectivity index is 2.22. The zero-order valence-corrected chi connectivity index (χ0v) is 9.41. The van der Waals surface area contributed by atoms with Crippen LogP contribution in [-0.4, -0.2) is 6.54 Å². The standard InChI is InChI=1S/C11H13Cl2N/c12-8-4-5-9(10(13)7-8)11-3-1-2-6-14-11/h4-5,7,11,14H,1-3,6H2/t11-/m1/s1. The largest absolute Gasteiger partial charge is 0.310 e. The van der Waals surface area contributed by atoms with Gasteiger partial charge in [-0.3, -0.25) is 0 Å². The molecule has 1 aromatic rings. The van der Waals surface area contributed by atoms with Crippen LogP contribution < -0.4 is 5.32 Å². The highest BCUT2D eigenvalue weighted by molar-refractivity contribution is 6.35. The monoisotopic (exact) mass is 229 g/mol. The van der Waals surface area contributed by atoms with Crippen molar-refractivity contribution in [3.05, 3.63) is 33.8 Å². The highest BCUT2D eigenvalue weighted by Gasteiger charge is 2.16. The van der Waals surface area contributed by atoms with Gasteiger partial charge in [0.05, 0.1) is 0 Å². The number of hydrogen-bond acceptors (Lipinski definition) is 1. The molecule has 1 aromatic carbocycles. The Morgan fingerprint density at radius 3 is 2.71 bits per heavy atom. The minimum atomic E-state index is 0.411. The van der Waals surface area contributed by atoms with Crippen LogP contribution in [0.15, 0.2) is 18.2 Å². The van der Waals surface area contributed by atoms with Crippen LogP contribution >= 0.6 is 23.2 Å². The first-order valence-corrected chi connectivity index (χ1v) is 5.71.